The minimum atomic E-state index is -0.470. The molecule has 1 fully saturated rings. The lowest BCUT2D eigenvalue weighted by Gasteiger charge is -2.13. The number of nitrogens with two attached hydrogens (primary N) is 1. The molecule has 2 atom stereocenters. The zero-order chi connectivity index (χ0) is 17.6. The molecule has 9 heteroatoms. The Bertz CT molecular complexity index is 744. The van der Waals surface area contributed by atoms with E-state index in [1.165, 1.54) is 0 Å². The van der Waals surface area contributed by atoms with Crippen LogP contribution in [0.4, 0.5) is 11.4 Å². The van der Waals surface area contributed by atoms with Crippen LogP contribution in [0.1, 0.15) is 23.2 Å². The summed E-state index contributed by atoms with van der Waals surface area (Å²) in [5, 5.41) is 5.55. The second-order valence-electron chi connectivity index (χ2n) is 5.82. The molecule has 2 heterocycles. The fourth-order valence-corrected chi connectivity index (χ4v) is 2.64. The van der Waals surface area contributed by atoms with Gasteiger partial charge in [0.15, 0.2) is 0 Å². The summed E-state index contributed by atoms with van der Waals surface area (Å²) >= 11 is 0. The molecule has 0 saturated carbocycles. The number of benzene rings is 1. The van der Waals surface area contributed by atoms with Gasteiger partial charge in [-0.05, 0) is 49.2 Å². The van der Waals surface area contributed by atoms with Gasteiger partial charge in [0.2, 0.25) is 0 Å². The molecule has 146 valence electrons. The third-order valence-electron chi connectivity index (χ3n) is 4.00. The molecule has 4 N–H and O–H groups in total. The molecule has 0 aliphatic carbocycles. The Kier molecular flexibility index (Phi) is 9.17. The number of ether oxygens (including phenoxy) is 1. The predicted octanol–water partition coefficient (Wildman–Crippen LogP) is 2.62. The normalized spacial score (nSPS) is 18.0. The topological polar surface area (TPSA) is 106 Å². The molecule has 2 amide bonds. The molecule has 1 aliphatic heterocycles. The SMILES string of the molecule is Cl.Cl.NC[C@H]1CC[C@@H](C(=O)Nc2ccc(C(=O)Nc3cccnc3)cc2)O1. The van der Waals surface area contributed by atoms with E-state index < -0.39 is 6.10 Å². The van der Waals surface area contributed by atoms with Crippen molar-refractivity contribution >= 4 is 48.0 Å². The smallest absolute Gasteiger partial charge is 0.255 e. The van der Waals surface area contributed by atoms with Gasteiger partial charge in [-0.3, -0.25) is 14.6 Å². The number of hydrogen-bond acceptors (Lipinski definition) is 5. The summed E-state index contributed by atoms with van der Waals surface area (Å²) in [4.78, 5) is 28.3. The van der Waals surface area contributed by atoms with E-state index in [9.17, 15) is 9.59 Å². The van der Waals surface area contributed by atoms with Crippen LogP contribution >= 0.6 is 24.8 Å². The molecule has 0 unspecified atom stereocenters. The quantitative estimate of drug-likeness (QED) is 0.699. The largest absolute Gasteiger partial charge is 0.364 e. The Hall–Kier alpha value is -2.19. The maximum absolute atomic E-state index is 12.2. The van der Waals surface area contributed by atoms with E-state index in [1.54, 1.807) is 48.8 Å². The van der Waals surface area contributed by atoms with Crippen molar-refractivity contribution in [2.24, 2.45) is 5.73 Å². The molecule has 1 aromatic heterocycles. The maximum atomic E-state index is 12.2. The van der Waals surface area contributed by atoms with Crippen LogP contribution in [-0.4, -0.2) is 35.6 Å². The second kappa shape index (κ2) is 10.8. The van der Waals surface area contributed by atoms with Crippen molar-refractivity contribution in [2.75, 3.05) is 17.2 Å². The lowest BCUT2D eigenvalue weighted by atomic mass is 10.1. The summed E-state index contributed by atoms with van der Waals surface area (Å²) in [5.41, 5.74) is 7.28. The first-order chi connectivity index (χ1) is 12.2. The number of hydrogen-bond donors (Lipinski definition) is 3. The fourth-order valence-electron chi connectivity index (χ4n) is 2.64. The number of carbonyl (C=O) groups excluding carboxylic acids is 2. The molecule has 0 spiro atoms. The molecule has 0 bridgehead atoms. The van der Waals surface area contributed by atoms with Crippen LogP contribution in [0.15, 0.2) is 48.8 Å². The average Bonchev–Trinajstić information content (AvgIpc) is 3.12. The Labute approximate surface area is 169 Å². The highest BCUT2D eigenvalue weighted by Crippen LogP contribution is 2.20. The molecular weight excluding hydrogens is 391 g/mol. The molecule has 2 aromatic rings. The van der Waals surface area contributed by atoms with Crippen molar-refractivity contribution < 1.29 is 14.3 Å². The second-order valence-corrected chi connectivity index (χ2v) is 5.82. The number of aromatic nitrogens is 1. The maximum Gasteiger partial charge on any atom is 0.255 e. The van der Waals surface area contributed by atoms with Gasteiger partial charge in [0.1, 0.15) is 6.10 Å². The van der Waals surface area contributed by atoms with E-state index >= 15 is 0 Å². The lowest BCUT2D eigenvalue weighted by molar-refractivity contribution is -0.126. The number of carbonyl (C=O) groups is 2. The van der Waals surface area contributed by atoms with E-state index in [0.29, 0.717) is 29.9 Å². The summed E-state index contributed by atoms with van der Waals surface area (Å²) in [6, 6.07) is 10.2. The zero-order valence-corrected chi connectivity index (χ0v) is 16.1. The predicted molar refractivity (Wildman–Crippen MR) is 109 cm³/mol. The first-order valence-electron chi connectivity index (χ1n) is 8.13. The third kappa shape index (κ3) is 6.18. The summed E-state index contributed by atoms with van der Waals surface area (Å²) in [6.45, 7) is 0.421. The highest BCUT2D eigenvalue weighted by Gasteiger charge is 2.29. The van der Waals surface area contributed by atoms with Gasteiger partial charge in [-0.2, -0.15) is 0 Å². The number of amides is 2. The molecule has 3 rings (SSSR count). The third-order valence-corrected chi connectivity index (χ3v) is 4.00. The van der Waals surface area contributed by atoms with Gasteiger partial charge in [-0.1, -0.05) is 0 Å². The van der Waals surface area contributed by atoms with Crippen LogP contribution in [0.5, 0.6) is 0 Å². The van der Waals surface area contributed by atoms with Crippen LogP contribution < -0.4 is 16.4 Å². The Balaban J connectivity index is 0.00000182. The van der Waals surface area contributed by atoms with Crippen molar-refractivity contribution in [1.29, 1.82) is 0 Å². The molecule has 1 saturated heterocycles. The standard InChI is InChI=1S/C18H20N4O3.2ClH/c19-10-15-7-8-16(25-15)18(24)21-13-5-3-12(4-6-13)17(23)22-14-2-1-9-20-11-14;;/h1-6,9,11,15-16H,7-8,10,19H2,(H,21,24)(H,22,23);2*1H/t15-,16+;;/m1../s1. The van der Waals surface area contributed by atoms with E-state index in [0.717, 1.165) is 6.42 Å². The molecular formula is C18H22Cl2N4O3. The summed E-state index contributed by atoms with van der Waals surface area (Å²) in [5.74, 6) is -0.431. The van der Waals surface area contributed by atoms with Crippen molar-refractivity contribution in [1.82, 2.24) is 4.98 Å². The summed E-state index contributed by atoms with van der Waals surface area (Å²) in [6.07, 6.45) is 4.15. The van der Waals surface area contributed by atoms with Gasteiger partial charge >= 0.3 is 0 Å². The summed E-state index contributed by atoms with van der Waals surface area (Å²) in [7, 11) is 0. The van der Waals surface area contributed by atoms with E-state index in [-0.39, 0.29) is 42.7 Å². The number of anilines is 2. The van der Waals surface area contributed by atoms with Gasteiger partial charge in [0.25, 0.3) is 11.8 Å². The van der Waals surface area contributed by atoms with Crippen molar-refractivity contribution in [3.8, 4) is 0 Å². The Morgan fingerprint density at radius 1 is 1.07 bits per heavy atom. The number of nitrogens with zero attached hydrogens (tertiary/aromatic N) is 1. The highest BCUT2D eigenvalue weighted by atomic mass is 35.5. The van der Waals surface area contributed by atoms with Gasteiger partial charge in [-0.25, -0.2) is 0 Å². The van der Waals surface area contributed by atoms with Crippen molar-refractivity contribution in [3.05, 3.63) is 54.4 Å². The molecule has 0 radical (unpaired) electrons. The van der Waals surface area contributed by atoms with Crippen LogP contribution in [-0.2, 0) is 9.53 Å². The Morgan fingerprint density at radius 2 is 1.81 bits per heavy atom. The lowest BCUT2D eigenvalue weighted by Crippen LogP contribution is -2.29. The first-order valence-corrected chi connectivity index (χ1v) is 8.13. The van der Waals surface area contributed by atoms with Gasteiger partial charge < -0.3 is 21.1 Å². The molecule has 1 aliphatic rings. The minimum Gasteiger partial charge on any atom is -0.364 e. The molecule has 27 heavy (non-hydrogen) atoms. The number of pyridine rings is 1. The van der Waals surface area contributed by atoms with Gasteiger partial charge in [-0.15, -0.1) is 24.8 Å². The van der Waals surface area contributed by atoms with Crippen LogP contribution in [0, 0.1) is 0 Å². The average molecular weight is 413 g/mol. The molecule has 1 aromatic carbocycles. The first kappa shape index (κ1) is 22.9. The highest BCUT2D eigenvalue weighted by molar-refractivity contribution is 6.04. The van der Waals surface area contributed by atoms with Gasteiger partial charge in [0.05, 0.1) is 18.0 Å². The Morgan fingerprint density at radius 3 is 2.41 bits per heavy atom. The monoisotopic (exact) mass is 412 g/mol. The summed E-state index contributed by atoms with van der Waals surface area (Å²) < 4.78 is 5.57. The van der Waals surface area contributed by atoms with Crippen LogP contribution in [0.3, 0.4) is 0 Å². The van der Waals surface area contributed by atoms with E-state index in [4.69, 9.17) is 10.5 Å². The van der Waals surface area contributed by atoms with E-state index in [2.05, 4.69) is 15.6 Å². The van der Waals surface area contributed by atoms with Crippen LogP contribution in [0.2, 0.25) is 0 Å². The van der Waals surface area contributed by atoms with Crippen LogP contribution in [0.25, 0.3) is 0 Å². The van der Waals surface area contributed by atoms with Crippen molar-refractivity contribution in [3.63, 3.8) is 0 Å². The van der Waals surface area contributed by atoms with E-state index in [1.807, 2.05) is 0 Å². The van der Waals surface area contributed by atoms with Gasteiger partial charge in [0, 0.05) is 24.0 Å². The molecule has 7 nitrogen and oxygen atoms in total. The number of rotatable bonds is 5. The fraction of sp³-hybridized carbons (Fsp3) is 0.278. The number of halogens is 2. The number of nitrogens with one attached hydrogen (secondary N) is 2. The minimum absolute atomic E-state index is 0. The zero-order valence-electron chi connectivity index (χ0n) is 14.5. The van der Waals surface area contributed by atoms with Crippen molar-refractivity contribution in [2.45, 2.75) is 25.0 Å².